The smallest absolute Gasteiger partial charge is 0.303 e. The quantitative estimate of drug-likeness (QED) is 0.134. The first-order chi connectivity index (χ1) is 30.5. The van der Waals surface area contributed by atoms with Crippen molar-refractivity contribution in [2.75, 3.05) is 0 Å². The van der Waals surface area contributed by atoms with Gasteiger partial charge in [-0.25, -0.2) is 24.9 Å². The number of fused-ring (bicyclic) bond motifs is 8. The lowest BCUT2D eigenvalue weighted by molar-refractivity contribution is -0.137. The van der Waals surface area contributed by atoms with Crippen molar-refractivity contribution in [1.82, 2.24) is 29.9 Å². The number of benzene rings is 1. The number of carbonyl (C=O) groups is 1. The Morgan fingerprint density at radius 2 is 1.08 bits per heavy atom. The van der Waals surface area contributed by atoms with Crippen LogP contribution in [0.4, 0.5) is 0 Å². The highest BCUT2D eigenvalue weighted by Crippen LogP contribution is 2.36. The molecule has 62 heavy (non-hydrogen) atoms. The number of H-pyrrole nitrogens is 1. The van der Waals surface area contributed by atoms with Crippen molar-refractivity contribution in [1.29, 1.82) is 0 Å². The van der Waals surface area contributed by atoms with E-state index in [1.54, 1.807) is 29.9 Å². The molecule has 292 valence electrons. The molecule has 0 unspecified atom stereocenters. The number of unbranched alkanes of at least 4 members (excludes halogenated alkanes) is 1. The number of hydrogen-bond donors (Lipinski definition) is 2. The average Bonchev–Trinajstić information content (AvgIpc) is 4.16. The maximum absolute atomic E-state index is 11.0. The number of thiophene rings is 1. The lowest BCUT2D eigenvalue weighted by atomic mass is 10.0. The third-order valence-electron chi connectivity index (χ3n) is 9.67. The van der Waals surface area contributed by atoms with Gasteiger partial charge in [-0.1, -0.05) is 59.9 Å². The number of hydrogen-bond acceptors (Lipinski definition) is 7. The van der Waals surface area contributed by atoms with Gasteiger partial charge in [-0.2, -0.15) is 0 Å². The third-order valence-corrected chi connectivity index (χ3v) is 10.8. The largest absolute Gasteiger partial charge is 0.481 e. The summed E-state index contributed by atoms with van der Waals surface area (Å²) in [4.78, 5) is 38.4. The second kappa shape index (κ2) is 18.1. The van der Waals surface area contributed by atoms with Gasteiger partial charge >= 0.3 is 5.97 Å². The predicted molar refractivity (Wildman–Crippen MR) is 247 cm³/mol. The topological polar surface area (TPSA) is 118 Å². The van der Waals surface area contributed by atoms with Gasteiger partial charge in [0, 0.05) is 57.5 Å². The molecule has 0 saturated carbocycles. The fourth-order valence-electron chi connectivity index (χ4n) is 6.69. The van der Waals surface area contributed by atoms with Crippen molar-refractivity contribution in [3.8, 4) is 58.5 Å². The van der Waals surface area contributed by atoms with Gasteiger partial charge in [0.2, 0.25) is 0 Å². The summed E-state index contributed by atoms with van der Waals surface area (Å²) in [5, 5.41) is 9.00. The van der Waals surface area contributed by atoms with E-state index in [4.69, 9.17) is 15.1 Å². The zero-order valence-electron chi connectivity index (χ0n) is 33.0. The Kier molecular flexibility index (Phi) is 11.4. The first-order valence-electron chi connectivity index (χ1n) is 19.7. The number of rotatable bonds is 4. The molecule has 0 radical (unpaired) electrons. The minimum absolute atomic E-state index is 0.0988. The number of aromatic nitrogens is 6. The van der Waals surface area contributed by atoms with E-state index in [-0.39, 0.29) is 6.42 Å². The van der Waals surface area contributed by atoms with Crippen LogP contribution in [-0.2, 0) is 4.79 Å². The molecule has 0 saturated heterocycles. The maximum atomic E-state index is 11.0. The van der Waals surface area contributed by atoms with Gasteiger partial charge in [-0.15, -0.1) is 11.3 Å². The van der Waals surface area contributed by atoms with Crippen LogP contribution in [0, 0.1) is 47.4 Å². The standard InChI is InChI=1S/C53H32N6O2S/c60-52(61)14-3-1-2-10-36-15-17-37(18-16-36)53-49-30-29-47(59-49)42(23-20-39-12-5-8-34-55-39)45-26-25-44(57-45)41(22-19-38-11-4-7-33-54-38)46-27-28-48(58-46)43(50-31-32-51(53)62-50)24-21-40-13-6-9-35-56-40/h4-9,11-13,15-18,25-35,59H,1,3,14H2,(H,60,61). The summed E-state index contributed by atoms with van der Waals surface area (Å²) >= 11 is 1.62. The Morgan fingerprint density at radius 1 is 0.548 bits per heavy atom. The van der Waals surface area contributed by atoms with Gasteiger partial charge in [-0.3, -0.25) is 4.79 Å². The van der Waals surface area contributed by atoms with Crippen LogP contribution in [0.1, 0.15) is 81.4 Å². The highest BCUT2D eigenvalue weighted by Gasteiger charge is 2.16. The van der Waals surface area contributed by atoms with Crippen LogP contribution in [0.25, 0.3) is 55.9 Å². The lowest BCUT2D eigenvalue weighted by Gasteiger charge is -2.03. The molecule has 6 aromatic heterocycles. The molecule has 0 atom stereocenters. The Morgan fingerprint density at radius 3 is 1.66 bits per heavy atom. The number of pyridine rings is 3. The van der Waals surface area contributed by atoms with Crippen molar-refractivity contribution in [2.45, 2.75) is 19.3 Å². The molecule has 2 aliphatic rings. The Labute approximate surface area is 361 Å². The second-order valence-electron chi connectivity index (χ2n) is 13.9. The third kappa shape index (κ3) is 9.01. The summed E-state index contributed by atoms with van der Waals surface area (Å²) in [6.07, 6.45) is 14.1. The van der Waals surface area contributed by atoms with Gasteiger partial charge in [0.05, 0.1) is 45.0 Å². The molecule has 9 rings (SSSR count). The summed E-state index contributed by atoms with van der Waals surface area (Å²) in [5.74, 6) is 25.4. The minimum Gasteiger partial charge on any atom is -0.481 e. The molecule has 8 heterocycles. The molecule has 0 fully saturated rings. The monoisotopic (exact) mass is 816 g/mol. The summed E-state index contributed by atoms with van der Waals surface area (Å²) < 4.78 is 1.93. The predicted octanol–water partition coefficient (Wildman–Crippen LogP) is 10.0. The molecule has 9 heteroatoms. The van der Waals surface area contributed by atoms with Crippen LogP contribution in [0.15, 0.2) is 122 Å². The first kappa shape index (κ1) is 38.9. The summed E-state index contributed by atoms with van der Waals surface area (Å²) in [5.41, 5.74) is 11.1. The molecule has 8 nitrogen and oxygen atoms in total. The average molecular weight is 817 g/mol. The molecular formula is C53H32N6O2S. The molecule has 2 N–H and O–H groups in total. The Bertz CT molecular complexity index is 3200. The van der Waals surface area contributed by atoms with Crippen molar-refractivity contribution < 1.29 is 9.90 Å². The maximum Gasteiger partial charge on any atom is 0.303 e. The normalized spacial score (nSPS) is 10.9. The van der Waals surface area contributed by atoms with Gasteiger partial charge in [-0.05, 0) is 127 Å². The van der Waals surface area contributed by atoms with E-state index in [1.165, 1.54) is 0 Å². The van der Waals surface area contributed by atoms with E-state index in [9.17, 15) is 4.79 Å². The van der Waals surface area contributed by atoms with Crippen LogP contribution in [0.5, 0.6) is 0 Å². The number of carboxylic acid groups (broad SMARTS) is 1. The SMILES string of the molecule is O=C(O)CCCC#Cc1ccc(-c2c3ccc([nH]3)c(C#Cc3ccccn3)c3nc(c(C#Cc4ccccn4)c4nc(c(C#Cc5ccccn5)c5ccc2s5)C=C4)C=C3)cc1. The summed E-state index contributed by atoms with van der Waals surface area (Å²) in [6, 6.07) is 33.4. The van der Waals surface area contributed by atoms with Gasteiger partial charge < -0.3 is 10.1 Å². The van der Waals surface area contributed by atoms with Crippen molar-refractivity contribution in [2.24, 2.45) is 0 Å². The minimum atomic E-state index is -0.817. The first-order valence-corrected chi connectivity index (χ1v) is 20.5. The zero-order valence-corrected chi connectivity index (χ0v) is 33.8. The summed E-state index contributed by atoms with van der Waals surface area (Å²) in [6.45, 7) is 0. The van der Waals surface area contributed by atoms with Crippen LogP contribution in [0.3, 0.4) is 0 Å². The van der Waals surface area contributed by atoms with E-state index in [2.05, 4.69) is 97.6 Å². The molecule has 0 aliphatic carbocycles. The van der Waals surface area contributed by atoms with Gasteiger partial charge in [0.1, 0.15) is 17.1 Å². The van der Waals surface area contributed by atoms with Crippen LogP contribution in [0.2, 0.25) is 0 Å². The van der Waals surface area contributed by atoms with Crippen LogP contribution >= 0.6 is 11.3 Å². The molecular weight excluding hydrogens is 785 g/mol. The van der Waals surface area contributed by atoms with E-state index in [0.29, 0.717) is 63.8 Å². The number of aliphatic carboxylic acids is 1. The molecule has 8 bridgehead atoms. The van der Waals surface area contributed by atoms with Crippen molar-refractivity contribution >= 4 is 62.0 Å². The van der Waals surface area contributed by atoms with Crippen LogP contribution < -0.4 is 0 Å². The van der Waals surface area contributed by atoms with Crippen molar-refractivity contribution in [3.63, 3.8) is 0 Å². The fourth-order valence-corrected chi connectivity index (χ4v) is 7.78. The molecule has 0 spiro atoms. The fraction of sp³-hybridized carbons (Fsp3) is 0.0566. The molecule has 1 aromatic carbocycles. The number of carboxylic acids is 1. The van der Waals surface area contributed by atoms with Crippen LogP contribution in [-0.4, -0.2) is 41.0 Å². The van der Waals surface area contributed by atoms with E-state index < -0.39 is 5.97 Å². The highest BCUT2D eigenvalue weighted by molar-refractivity contribution is 7.24. The summed E-state index contributed by atoms with van der Waals surface area (Å²) in [7, 11) is 0. The molecule has 7 aromatic rings. The molecule has 0 amide bonds. The van der Waals surface area contributed by atoms with Gasteiger partial charge in [0.25, 0.3) is 0 Å². The van der Waals surface area contributed by atoms with Gasteiger partial charge in [0.15, 0.2) is 0 Å². The Balaban J connectivity index is 1.32. The number of nitrogens with zero attached hydrogens (tertiary/aromatic N) is 5. The van der Waals surface area contributed by atoms with E-state index >= 15 is 0 Å². The highest BCUT2D eigenvalue weighted by atomic mass is 32.1. The second-order valence-corrected chi connectivity index (χ2v) is 15.0. The number of nitrogens with one attached hydrogen (secondary N) is 1. The molecule has 2 aliphatic heterocycles. The number of aromatic amines is 1. The van der Waals surface area contributed by atoms with E-state index in [1.807, 2.05) is 97.1 Å². The lowest BCUT2D eigenvalue weighted by Crippen LogP contribution is -1.92. The van der Waals surface area contributed by atoms with Crippen molar-refractivity contribution in [3.05, 3.63) is 184 Å². The Hall–Kier alpha value is -8.60. The van der Waals surface area contributed by atoms with E-state index in [0.717, 1.165) is 42.7 Å². The zero-order chi connectivity index (χ0) is 42.1.